The number of carbonyl (C=O) groups is 3. The minimum atomic E-state index is -1.38. The van der Waals surface area contributed by atoms with Crippen LogP contribution in [-0.2, 0) is 62.5 Å². The molecule has 67 heavy (non-hydrogen) atoms. The fraction of sp³-hybridized carbons (Fsp3) is 0.255. The lowest BCUT2D eigenvalue weighted by molar-refractivity contribution is -0.217. The van der Waals surface area contributed by atoms with Gasteiger partial charge >= 0.3 is 17.9 Å². The van der Waals surface area contributed by atoms with Crippen LogP contribution in [0.2, 0.25) is 0 Å². The van der Waals surface area contributed by atoms with Crippen molar-refractivity contribution < 1.29 is 57.0 Å². The Balaban J connectivity index is 1.22. The number of rotatable bonds is 25. The fourth-order valence-corrected chi connectivity index (χ4v) is 7.28. The van der Waals surface area contributed by atoms with Crippen molar-refractivity contribution in [3.8, 4) is 0 Å². The minimum Gasteiger partial charge on any atom is -0.459 e. The molecule has 1 heterocycles. The van der Waals surface area contributed by atoms with Crippen molar-refractivity contribution in [3.05, 3.63) is 228 Å². The van der Waals surface area contributed by atoms with E-state index in [1.54, 1.807) is 97.1 Å². The van der Waals surface area contributed by atoms with Gasteiger partial charge in [-0.15, -0.1) is 6.58 Å². The molecule has 12 nitrogen and oxygen atoms in total. The monoisotopic (exact) mass is 906 g/mol. The zero-order valence-electron chi connectivity index (χ0n) is 37.0. The summed E-state index contributed by atoms with van der Waals surface area (Å²) in [7, 11) is 0. The Labute approximate surface area is 390 Å². The van der Waals surface area contributed by atoms with Crippen LogP contribution in [0, 0.1) is 0 Å². The molecule has 0 bridgehead atoms. The number of ether oxygens (including phenoxy) is 9. The van der Waals surface area contributed by atoms with Crippen LogP contribution >= 0.6 is 0 Å². The van der Waals surface area contributed by atoms with E-state index in [1.165, 1.54) is 0 Å². The molecule has 346 valence electrons. The second-order valence-electron chi connectivity index (χ2n) is 15.6. The molecule has 6 aromatic rings. The standard InChI is InChI=1S/C55H54O12/c1-2-33-59-37-46(60-34-40-21-9-3-10-22-40)49(62-36-42-25-13-5-14-26-42)47(61-35-41-23-11-4-12-24-41)38-64-55-51(67-54(58)45-31-19-8-20-32-45)50(66-53(57)44-29-17-7-18-30-44)48(65-55)39-63-52(56)43-27-15-6-16-28-43/h2-32,46-51,55H,1,33-39H2. The van der Waals surface area contributed by atoms with Crippen molar-refractivity contribution in [2.45, 2.75) is 62.7 Å². The summed E-state index contributed by atoms with van der Waals surface area (Å²) in [6, 6.07) is 54.3. The highest BCUT2D eigenvalue weighted by Crippen LogP contribution is 2.31. The number of benzene rings is 6. The maximum atomic E-state index is 13.9. The highest BCUT2D eigenvalue weighted by Gasteiger charge is 2.52. The molecule has 1 fully saturated rings. The zero-order valence-corrected chi connectivity index (χ0v) is 37.0. The Bertz CT molecular complexity index is 2390. The first-order chi connectivity index (χ1) is 32.9. The Morgan fingerprint density at radius 3 is 1.37 bits per heavy atom. The SMILES string of the molecule is C=CCOCC(OCc1ccccc1)C(OCc1ccccc1)C(COC1OC(COC(=O)c2ccccc2)C(OC(=O)c2ccccc2)C1OC(=O)c1ccccc1)OCc1ccccc1. The van der Waals surface area contributed by atoms with Crippen LogP contribution in [0.25, 0.3) is 0 Å². The van der Waals surface area contributed by atoms with E-state index < -0.39 is 60.8 Å². The molecule has 6 aromatic carbocycles. The number of hydrogen-bond donors (Lipinski definition) is 0. The van der Waals surface area contributed by atoms with E-state index in [1.807, 2.05) is 91.0 Å². The molecule has 0 amide bonds. The molecule has 12 heteroatoms. The predicted octanol–water partition coefficient (Wildman–Crippen LogP) is 8.99. The summed E-state index contributed by atoms with van der Waals surface area (Å²) in [5, 5.41) is 0. The number of carbonyl (C=O) groups excluding carboxylic acids is 3. The lowest BCUT2D eigenvalue weighted by Crippen LogP contribution is -2.48. The van der Waals surface area contributed by atoms with Crippen molar-refractivity contribution in [1.29, 1.82) is 0 Å². The van der Waals surface area contributed by atoms with Crippen molar-refractivity contribution in [2.24, 2.45) is 0 Å². The molecular weight excluding hydrogens is 853 g/mol. The number of hydrogen-bond acceptors (Lipinski definition) is 12. The molecule has 0 radical (unpaired) electrons. The zero-order chi connectivity index (χ0) is 46.5. The van der Waals surface area contributed by atoms with Crippen LogP contribution in [0.3, 0.4) is 0 Å². The molecule has 7 unspecified atom stereocenters. The van der Waals surface area contributed by atoms with E-state index in [0.717, 1.165) is 16.7 Å². The number of esters is 3. The quantitative estimate of drug-likeness (QED) is 0.0235. The molecular formula is C55H54O12. The highest BCUT2D eigenvalue weighted by atomic mass is 16.7. The molecule has 0 aromatic heterocycles. The highest BCUT2D eigenvalue weighted by molar-refractivity contribution is 5.91. The molecule has 7 rings (SSSR count). The molecule has 1 aliphatic rings. The normalized spacial score (nSPS) is 18.0. The van der Waals surface area contributed by atoms with Crippen LogP contribution in [-0.4, -0.2) is 87.2 Å². The summed E-state index contributed by atoms with van der Waals surface area (Å²) in [5.74, 6) is -2.07. The van der Waals surface area contributed by atoms with Gasteiger partial charge in [0.2, 0.25) is 0 Å². The lowest BCUT2D eigenvalue weighted by Gasteiger charge is -2.34. The largest absolute Gasteiger partial charge is 0.459 e. The average Bonchev–Trinajstić information content (AvgIpc) is 3.70. The van der Waals surface area contributed by atoms with E-state index in [9.17, 15) is 14.4 Å². The van der Waals surface area contributed by atoms with E-state index in [4.69, 9.17) is 42.6 Å². The summed E-state index contributed by atoms with van der Waals surface area (Å²) in [4.78, 5) is 40.9. The first kappa shape index (κ1) is 48.2. The van der Waals surface area contributed by atoms with Gasteiger partial charge < -0.3 is 42.6 Å². The van der Waals surface area contributed by atoms with E-state index in [-0.39, 0.29) is 57.4 Å². The fourth-order valence-electron chi connectivity index (χ4n) is 7.28. The molecule has 0 N–H and O–H groups in total. The smallest absolute Gasteiger partial charge is 0.338 e. The third kappa shape index (κ3) is 14.6. The van der Waals surface area contributed by atoms with Gasteiger partial charge in [-0.05, 0) is 53.1 Å². The van der Waals surface area contributed by atoms with Gasteiger partial charge in [0, 0.05) is 0 Å². The van der Waals surface area contributed by atoms with E-state index in [0.29, 0.717) is 5.56 Å². The van der Waals surface area contributed by atoms with Crippen molar-refractivity contribution in [3.63, 3.8) is 0 Å². The van der Waals surface area contributed by atoms with Crippen molar-refractivity contribution in [1.82, 2.24) is 0 Å². The maximum Gasteiger partial charge on any atom is 0.338 e. The predicted molar refractivity (Wildman–Crippen MR) is 249 cm³/mol. The van der Waals surface area contributed by atoms with Gasteiger partial charge in [-0.2, -0.15) is 0 Å². The Hall–Kier alpha value is -6.77. The average molecular weight is 907 g/mol. The first-order valence-electron chi connectivity index (χ1n) is 22.1. The van der Waals surface area contributed by atoms with Crippen molar-refractivity contribution >= 4 is 17.9 Å². The third-order valence-electron chi connectivity index (χ3n) is 10.7. The summed E-state index contributed by atoms with van der Waals surface area (Å²) in [5.41, 5.74) is 3.52. The van der Waals surface area contributed by atoms with E-state index in [2.05, 4.69) is 6.58 Å². The Morgan fingerprint density at radius 1 is 0.507 bits per heavy atom. The summed E-state index contributed by atoms with van der Waals surface area (Å²) in [6.07, 6.45) is -5.97. The van der Waals surface area contributed by atoms with Gasteiger partial charge in [0.15, 0.2) is 18.5 Å². The minimum absolute atomic E-state index is 0.104. The van der Waals surface area contributed by atoms with Crippen LogP contribution in [0.4, 0.5) is 0 Å². The molecule has 1 aliphatic heterocycles. The summed E-state index contributed by atoms with van der Waals surface area (Å²) < 4.78 is 57.4. The molecule has 0 saturated carbocycles. The Morgan fingerprint density at radius 2 is 0.910 bits per heavy atom. The lowest BCUT2D eigenvalue weighted by atomic mass is 10.1. The van der Waals surface area contributed by atoms with Gasteiger partial charge in [0.1, 0.15) is 31.0 Å². The Kier molecular flexibility index (Phi) is 18.5. The third-order valence-corrected chi connectivity index (χ3v) is 10.7. The van der Waals surface area contributed by atoms with Gasteiger partial charge in [0.25, 0.3) is 0 Å². The van der Waals surface area contributed by atoms with Crippen LogP contribution < -0.4 is 0 Å². The van der Waals surface area contributed by atoms with Gasteiger partial charge in [-0.1, -0.05) is 152 Å². The van der Waals surface area contributed by atoms with Gasteiger partial charge in [-0.25, -0.2) is 14.4 Å². The van der Waals surface area contributed by atoms with Gasteiger partial charge in [0.05, 0.1) is 56.3 Å². The maximum absolute atomic E-state index is 13.9. The molecule has 0 aliphatic carbocycles. The second kappa shape index (κ2) is 25.8. The summed E-state index contributed by atoms with van der Waals surface area (Å²) in [6.45, 7) is 4.18. The van der Waals surface area contributed by atoms with Crippen LogP contribution in [0.15, 0.2) is 195 Å². The van der Waals surface area contributed by atoms with E-state index >= 15 is 0 Å². The van der Waals surface area contributed by atoms with Crippen LogP contribution in [0.5, 0.6) is 0 Å². The molecule has 0 spiro atoms. The summed E-state index contributed by atoms with van der Waals surface area (Å²) >= 11 is 0. The first-order valence-corrected chi connectivity index (χ1v) is 22.1. The molecule has 1 saturated heterocycles. The topological polar surface area (TPSA) is 134 Å². The van der Waals surface area contributed by atoms with Crippen LogP contribution in [0.1, 0.15) is 47.8 Å². The van der Waals surface area contributed by atoms with Crippen molar-refractivity contribution in [2.75, 3.05) is 26.4 Å². The van der Waals surface area contributed by atoms with Gasteiger partial charge in [-0.3, -0.25) is 0 Å². The second-order valence-corrected chi connectivity index (χ2v) is 15.6. The molecule has 7 atom stereocenters.